The zero-order chi connectivity index (χ0) is 26.8. The van der Waals surface area contributed by atoms with Crippen LogP contribution >= 0.6 is 0 Å². The number of carbonyl (C=O) groups excluding carboxylic acids is 2. The van der Waals surface area contributed by atoms with Crippen LogP contribution in [0.3, 0.4) is 0 Å². The van der Waals surface area contributed by atoms with Gasteiger partial charge in [0.15, 0.2) is 5.82 Å². The molecule has 0 atom stereocenters. The van der Waals surface area contributed by atoms with Crippen molar-refractivity contribution in [1.82, 2.24) is 30.2 Å². The van der Waals surface area contributed by atoms with Crippen LogP contribution in [0.15, 0.2) is 36.4 Å². The molecule has 3 amide bonds. The second-order valence-electron chi connectivity index (χ2n) is 9.56. The van der Waals surface area contributed by atoms with Crippen LogP contribution in [0.5, 0.6) is 0 Å². The number of urea groups is 1. The van der Waals surface area contributed by atoms with Crippen LogP contribution in [0.25, 0.3) is 11.3 Å². The topological polar surface area (TPSA) is 84.9 Å². The Morgan fingerprint density at radius 3 is 2.32 bits per heavy atom. The summed E-state index contributed by atoms with van der Waals surface area (Å²) in [5, 5.41) is 11.6. The average molecular weight is 514 g/mol. The quantitative estimate of drug-likeness (QED) is 0.526. The molecular weight excluding hydrogens is 473 g/mol. The Hall–Kier alpha value is -3.27. The number of aromatic nitrogens is 2. The molecule has 2 heterocycles. The lowest BCUT2D eigenvalue weighted by Gasteiger charge is -2.29. The Labute approximate surface area is 219 Å². The van der Waals surface area contributed by atoms with Gasteiger partial charge in [0.1, 0.15) is 12.4 Å². The molecule has 0 radical (unpaired) electrons. The normalized spacial score (nSPS) is 14.1. The summed E-state index contributed by atoms with van der Waals surface area (Å²) in [4.78, 5) is 33.9. The van der Waals surface area contributed by atoms with Crippen LogP contribution in [0, 0.1) is 5.82 Å². The fourth-order valence-corrected chi connectivity index (χ4v) is 4.32. The number of nitrogens with zero attached hydrogens (tertiary/aromatic N) is 6. The molecule has 1 N–H and O–H groups in total. The van der Waals surface area contributed by atoms with Crippen molar-refractivity contribution in [2.45, 2.75) is 40.2 Å². The minimum atomic E-state index is -0.287. The lowest BCUT2D eigenvalue weighted by atomic mass is 10.1. The smallest absolute Gasteiger partial charge is 0.318 e. The first kappa shape index (κ1) is 28.3. The second kappa shape index (κ2) is 13.9. The molecule has 1 aliphatic heterocycles. The minimum Gasteiger partial charge on any atom is -0.353 e. The summed E-state index contributed by atoms with van der Waals surface area (Å²) >= 11 is 0. The summed E-state index contributed by atoms with van der Waals surface area (Å²) in [6.07, 6.45) is 0.796. The maximum atomic E-state index is 13.2. The van der Waals surface area contributed by atoms with E-state index in [9.17, 15) is 14.0 Å². The molecule has 1 fully saturated rings. The third-order valence-electron chi connectivity index (χ3n) is 6.57. The first-order valence-electron chi connectivity index (χ1n) is 13.2. The number of hydrogen-bond acceptors (Lipinski definition) is 6. The fraction of sp³-hybridized carbons (Fsp3) is 0.556. The number of rotatable bonds is 10. The standard InChI is InChI=1S/C27H40FN7O2/c1-5-32(6-2)16-17-35(27(37)29-21(3)4)20-26(36)34-15-7-14-33(18-19-34)25-13-12-24(30-31-25)22-8-10-23(28)11-9-22/h8-13,21H,5-7,14-20H2,1-4H3,(H,29,37). The Morgan fingerprint density at radius 2 is 1.70 bits per heavy atom. The average Bonchev–Trinajstić information content (AvgIpc) is 3.15. The summed E-state index contributed by atoms with van der Waals surface area (Å²) in [6, 6.07) is 9.76. The number of amides is 3. The van der Waals surface area contributed by atoms with E-state index in [-0.39, 0.29) is 30.3 Å². The van der Waals surface area contributed by atoms with Crippen LogP contribution in [-0.4, -0.2) is 102 Å². The van der Waals surface area contributed by atoms with Gasteiger partial charge in [0.05, 0.1) is 5.69 Å². The largest absolute Gasteiger partial charge is 0.353 e. The highest BCUT2D eigenvalue weighted by Crippen LogP contribution is 2.20. The number of likely N-dealkylation sites (N-methyl/N-ethyl adjacent to an activating group) is 1. The number of halogens is 1. The number of anilines is 1. The highest BCUT2D eigenvalue weighted by molar-refractivity contribution is 5.84. The third kappa shape index (κ3) is 8.38. The Morgan fingerprint density at radius 1 is 0.973 bits per heavy atom. The van der Waals surface area contributed by atoms with Gasteiger partial charge in [-0.3, -0.25) is 4.79 Å². The van der Waals surface area contributed by atoms with Crippen molar-refractivity contribution in [1.29, 1.82) is 0 Å². The zero-order valence-electron chi connectivity index (χ0n) is 22.5. The van der Waals surface area contributed by atoms with Crippen LogP contribution in [0.1, 0.15) is 34.1 Å². The SMILES string of the molecule is CCN(CC)CCN(CC(=O)N1CCCN(c2ccc(-c3ccc(F)cc3)nn2)CC1)C(=O)NC(C)C. The van der Waals surface area contributed by atoms with Crippen LogP contribution in [-0.2, 0) is 4.79 Å². The van der Waals surface area contributed by atoms with Gasteiger partial charge in [0.2, 0.25) is 5.91 Å². The van der Waals surface area contributed by atoms with E-state index >= 15 is 0 Å². The van der Waals surface area contributed by atoms with Crippen molar-refractivity contribution in [2.24, 2.45) is 0 Å². The second-order valence-corrected chi connectivity index (χ2v) is 9.56. The summed E-state index contributed by atoms with van der Waals surface area (Å²) in [5.74, 6) is 0.417. The van der Waals surface area contributed by atoms with Gasteiger partial charge in [-0.1, -0.05) is 13.8 Å². The van der Waals surface area contributed by atoms with E-state index in [4.69, 9.17) is 0 Å². The molecule has 0 unspecified atom stereocenters. The van der Waals surface area contributed by atoms with Gasteiger partial charge in [-0.15, -0.1) is 10.2 Å². The molecule has 0 saturated carbocycles. The molecule has 10 heteroatoms. The van der Waals surface area contributed by atoms with E-state index in [0.29, 0.717) is 31.9 Å². The number of benzene rings is 1. The summed E-state index contributed by atoms with van der Waals surface area (Å²) in [6.45, 7) is 13.7. The van der Waals surface area contributed by atoms with Gasteiger partial charge in [0.25, 0.3) is 0 Å². The zero-order valence-corrected chi connectivity index (χ0v) is 22.5. The molecule has 1 saturated heterocycles. The maximum absolute atomic E-state index is 13.2. The monoisotopic (exact) mass is 513 g/mol. The van der Waals surface area contributed by atoms with E-state index in [1.165, 1.54) is 12.1 Å². The molecule has 3 rings (SSSR count). The first-order chi connectivity index (χ1) is 17.8. The molecule has 0 spiro atoms. The van der Waals surface area contributed by atoms with Gasteiger partial charge in [-0.25, -0.2) is 9.18 Å². The van der Waals surface area contributed by atoms with Crippen molar-refractivity contribution in [3.8, 4) is 11.3 Å². The van der Waals surface area contributed by atoms with E-state index < -0.39 is 0 Å². The Balaban J connectivity index is 1.59. The lowest BCUT2D eigenvalue weighted by molar-refractivity contribution is -0.131. The molecule has 0 bridgehead atoms. The van der Waals surface area contributed by atoms with E-state index in [0.717, 1.165) is 44.0 Å². The molecule has 0 aliphatic carbocycles. The van der Waals surface area contributed by atoms with Gasteiger partial charge in [-0.05, 0) is 69.8 Å². The van der Waals surface area contributed by atoms with Crippen molar-refractivity contribution in [2.75, 3.05) is 63.8 Å². The van der Waals surface area contributed by atoms with Crippen molar-refractivity contribution >= 4 is 17.8 Å². The molecular formula is C27H40FN7O2. The number of hydrogen-bond donors (Lipinski definition) is 1. The molecule has 1 aromatic heterocycles. The van der Waals surface area contributed by atoms with Crippen LogP contribution in [0.4, 0.5) is 15.0 Å². The third-order valence-corrected chi connectivity index (χ3v) is 6.57. The van der Waals surface area contributed by atoms with Crippen molar-refractivity contribution < 1.29 is 14.0 Å². The maximum Gasteiger partial charge on any atom is 0.318 e. The van der Waals surface area contributed by atoms with Gasteiger partial charge >= 0.3 is 6.03 Å². The van der Waals surface area contributed by atoms with Crippen LogP contribution in [0.2, 0.25) is 0 Å². The molecule has 202 valence electrons. The number of carbonyl (C=O) groups is 2. The van der Waals surface area contributed by atoms with E-state index in [1.807, 2.05) is 30.9 Å². The van der Waals surface area contributed by atoms with Gasteiger partial charge in [0, 0.05) is 50.9 Å². The first-order valence-corrected chi connectivity index (χ1v) is 13.2. The fourth-order valence-electron chi connectivity index (χ4n) is 4.32. The Kier molecular flexibility index (Phi) is 10.6. The predicted molar refractivity (Wildman–Crippen MR) is 144 cm³/mol. The van der Waals surface area contributed by atoms with E-state index in [1.54, 1.807) is 17.0 Å². The van der Waals surface area contributed by atoms with Crippen LogP contribution < -0.4 is 10.2 Å². The molecule has 37 heavy (non-hydrogen) atoms. The Bertz CT molecular complexity index is 997. The van der Waals surface area contributed by atoms with Crippen molar-refractivity contribution in [3.63, 3.8) is 0 Å². The van der Waals surface area contributed by atoms with Gasteiger partial charge in [-0.2, -0.15) is 0 Å². The molecule has 2 aromatic rings. The number of nitrogens with one attached hydrogen (secondary N) is 1. The van der Waals surface area contributed by atoms with Gasteiger partial charge < -0.3 is 24.9 Å². The predicted octanol–water partition coefficient (Wildman–Crippen LogP) is 3.08. The molecule has 1 aliphatic rings. The lowest BCUT2D eigenvalue weighted by Crippen LogP contribution is -2.50. The molecule has 1 aromatic carbocycles. The van der Waals surface area contributed by atoms with E-state index in [2.05, 4.69) is 39.2 Å². The summed E-state index contributed by atoms with van der Waals surface area (Å²) in [5.41, 5.74) is 1.49. The summed E-state index contributed by atoms with van der Waals surface area (Å²) in [7, 11) is 0. The highest BCUT2D eigenvalue weighted by atomic mass is 19.1. The summed E-state index contributed by atoms with van der Waals surface area (Å²) < 4.78 is 13.2. The minimum absolute atomic E-state index is 0.000792. The van der Waals surface area contributed by atoms with Crippen molar-refractivity contribution in [3.05, 3.63) is 42.2 Å². The molecule has 9 nitrogen and oxygen atoms in total. The highest BCUT2D eigenvalue weighted by Gasteiger charge is 2.24.